The van der Waals surface area contributed by atoms with Gasteiger partial charge in [-0.3, -0.25) is 0 Å². The third-order valence-electron chi connectivity index (χ3n) is 2.79. The van der Waals surface area contributed by atoms with Crippen molar-refractivity contribution in [2.45, 2.75) is 32.6 Å². The van der Waals surface area contributed by atoms with Crippen LogP contribution in [0.2, 0.25) is 0 Å². The van der Waals surface area contributed by atoms with Crippen LogP contribution in [-0.4, -0.2) is 0 Å². The van der Waals surface area contributed by atoms with Gasteiger partial charge in [0, 0.05) is 0 Å². The first-order valence-corrected chi connectivity index (χ1v) is 5.19. The van der Waals surface area contributed by atoms with Crippen molar-refractivity contribution in [2.75, 3.05) is 0 Å². The highest BCUT2D eigenvalue weighted by molar-refractivity contribution is 5.69. The predicted molar refractivity (Wildman–Crippen MR) is 57.6 cm³/mol. The van der Waals surface area contributed by atoms with Gasteiger partial charge in [-0.05, 0) is 42.4 Å². The summed E-state index contributed by atoms with van der Waals surface area (Å²) < 4.78 is 0. The second-order valence-electron chi connectivity index (χ2n) is 3.63. The zero-order valence-corrected chi connectivity index (χ0v) is 8.22. The SMILES string of the molecule is CCc1ccccc1C1=CCCC1. The van der Waals surface area contributed by atoms with E-state index < -0.39 is 0 Å². The molecule has 0 saturated carbocycles. The predicted octanol–water partition coefficient (Wildman–Crippen LogP) is 3.82. The molecule has 0 N–H and O–H groups in total. The van der Waals surface area contributed by atoms with E-state index in [-0.39, 0.29) is 0 Å². The van der Waals surface area contributed by atoms with Crippen LogP contribution in [0, 0.1) is 0 Å². The third-order valence-corrected chi connectivity index (χ3v) is 2.79. The van der Waals surface area contributed by atoms with Crippen LogP contribution in [0.25, 0.3) is 5.57 Å². The molecular weight excluding hydrogens is 156 g/mol. The molecule has 0 nitrogen and oxygen atoms in total. The van der Waals surface area contributed by atoms with Crippen LogP contribution in [-0.2, 0) is 6.42 Å². The summed E-state index contributed by atoms with van der Waals surface area (Å²) in [7, 11) is 0. The number of rotatable bonds is 2. The molecule has 0 fully saturated rings. The summed E-state index contributed by atoms with van der Waals surface area (Å²) in [5.74, 6) is 0. The maximum absolute atomic E-state index is 2.40. The first-order chi connectivity index (χ1) is 6.42. The molecule has 0 spiro atoms. The van der Waals surface area contributed by atoms with Gasteiger partial charge in [-0.2, -0.15) is 0 Å². The molecule has 0 heterocycles. The Labute approximate surface area is 80.3 Å². The van der Waals surface area contributed by atoms with Gasteiger partial charge < -0.3 is 0 Å². The average molecular weight is 172 g/mol. The van der Waals surface area contributed by atoms with Crippen molar-refractivity contribution in [1.29, 1.82) is 0 Å². The first-order valence-electron chi connectivity index (χ1n) is 5.19. The number of aryl methyl sites for hydroxylation is 1. The van der Waals surface area contributed by atoms with Crippen LogP contribution < -0.4 is 0 Å². The minimum Gasteiger partial charge on any atom is -0.0807 e. The molecule has 68 valence electrons. The smallest absolute Gasteiger partial charge is 0.0196 e. The normalized spacial score (nSPS) is 15.9. The van der Waals surface area contributed by atoms with E-state index in [4.69, 9.17) is 0 Å². The van der Waals surface area contributed by atoms with Crippen molar-refractivity contribution in [3.8, 4) is 0 Å². The molecule has 1 aromatic rings. The van der Waals surface area contributed by atoms with Crippen molar-refractivity contribution >= 4 is 5.57 Å². The molecule has 0 atom stereocenters. The van der Waals surface area contributed by atoms with Gasteiger partial charge in [-0.15, -0.1) is 0 Å². The molecule has 0 bridgehead atoms. The minimum atomic E-state index is 1.15. The van der Waals surface area contributed by atoms with Crippen LogP contribution in [0.15, 0.2) is 30.3 Å². The topological polar surface area (TPSA) is 0 Å². The second kappa shape index (κ2) is 3.78. The zero-order valence-electron chi connectivity index (χ0n) is 8.22. The highest BCUT2D eigenvalue weighted by atomic mass is 14.1. The molecule has 1 aliphatic rings. The van der Waals surface area contributed by atoms with Gasteiger partial charge in [0.25, 0.3) is 0 Å². The number of benzene rings is 1. The lowest BCUT2D eigenvalue weighted by Crippen LogP contribution is -1.89. The Morgan fingerprint density at radius 1 is 1.23 bits per heavy atom. The summed E-state index contributed by atoms with van der Waals surface area (Å²) >= 11 is 0. The van der Waals surface area contributed by atoms with Crippen molar-refractivity contribution in [3.05, 3.63) is 41.5 Å². The molecule has 13 heavy (non-hydrogen) atoms. The van der Waals surface area contributed by atoms with Crippen LogP contribution in [0.4, 0.5) is 0 Å². The van der Waals surface area contributed by atoms with E-state index in [1.807, 2.05) is 0 Å². The van der Waals surface area contributed by atoms with Crippen molar-refractivity contribution in [2.24, 2.45) is 0 Å². The summed E-state index contributed by atoms with van der Waals surface area (Å²) in [5.41, 5.74) is 4.55. The van der Waals surface area contributed by atoms with Gasteiger partial charge in [0.05, 0.1) is 0 Å². The summed E-state index contributed by atoms with van der Waals surface area (Å²) in [5, 5.41) is 0. The van der Waals surface area contributed by atoms with Gasteiger partial charge in [0.2, 0.25) is 0 Å². The number of hydrogen-bond donors (Lipinski definition) is 0. The minimum absolute atomic E-state index is 1.15. The van der Waals surface area contributed by atoms with Crippen LogP contribution in [0.3, 0.4) is 0 Å². The lowest BCUT2D eigenvalue weighted by atomic mass is 9.98. The largest absolute Gasteiger partial charge is 0.0807 e. The molecule has 0 aliphatic heterocycles. The van der Waals surface area contributed by atoms with Crippen molar-refractivity contribution in [1.82, 2.24) is 0 Å². The molecule has 0 aromatic heterocycles. The second-order valence-corrected chi connectivity index (χ2v) is 3.63. The molecule has 0 saturated heterocycles. The van der Waals surface area contributed by atoms with E-state index in [0.29, 0.717) is 0 Å². The Morgan fingerprint density at radius 2 is 2.08 bits per heavy atom. The Hall–Kier alpha value is -1.04. The summed E-state index contributed by atoms with van der Waals surface area (Å²) in [6, 6.07) is 8.79. The van der Waals surface area contributed by atoms with Gasteiger partial charge in [-0.1, -0.05) is 37.3 Å². The molecule has 0 unspecified atom stereocenters. The van der Waals surface area contributed by atoms with E-state index in [1.54, 1.807) is 5.57 Å². The van der Waals surface area contributed by atoms with Crippen LogP contribution in [0.5, 0.6) is 0 Å². The van der Waals surface area contributed by atoms with E-state index >= 15 is 0 Å². The summed E-state index contributed by atoms with van der Waals surface area (Å²) in [4.78, 5) is 0. The van der Waals surface area contributed by atoms with Crippen LogP contribution >= 0.6 is 0 Å². The standard InChI is InChI=1S/C13H16/c1-2-11-7-5-6-10-13(11)12-8-3-4-9-12/h5-8,10H,2-4,9H2,1H3. The fourth-order valence-electron chi connectivity index (χ4n) is 2.06. The highest BCUT2D eigenvalue weighted by Gasteiger charge is 2.09. The Kier molecular flexibility index (Phi) is 2.49. The van der Waals surface area contributed by atoms with Gasteiger partial charge in [-0.25, -0.2) is 0 Å². The fourth-order valence-corrected chi connectivity index (χ4v) is 2.06. The Morgan fingerprint density at radius 3 is 2.77 bits per heavy atom. The maximum Gasteiger partial charge on any atom is -0.0196 e. The van der Waals surface area contributed by atoms with Gasteiger partial charge in [0.1, 0.15) is 0 Å². The summed E-state index contributed by atoms with van der Waals surface area (Å²) in [6.07, 6.45) is 7.43. The van der Waals surface area contributed by atoms with E-state index in [1.165, 1.54) is 30.4 Å². The van der Waals surface area contributed by atoms with Crippen molar-refractivity contribution < 1.29 is 0 Å². The average Bonchev–Trinajstić information content (AvgIpc) is 2.70. The molecule has 1 aliphatic carbocycles. The lowest BCUT2D eigenvalue weighted by Gasteiger charge is -2.07. The fraction of sp³-hybridized carbons (Fsp3) is 0.385. The Balaban J connectivity index is 2.38. The van der Waals surface area contributed by atoms with E-state index in [9.17, 15) is 0 Å². The highest BCUT2D eigenvalue weighted by Crippen LogP contribution is 2.29. The first kappa shape index (κ1) is 8.55. The quantitative estimate of drug-likeness (QED) is 0.636. The third kappa shape index (κ3) is 1.67. The monoisotopic (exact) mass is 172 g/mol. The molecule has 1 aromatic carbocycles. The Bertz CT molecular complexity index is 321. The summed E-state index contributed by atoms with van der Waals surface area (Å²) in [6.45, 7) is 2.23. The number of allylic oxidation sites excluding steroid dienone is 2. The van der Waals surface area contributed by atoms with E-state index in [0.717, 1.165) is 6.42 Å². The molecule has 0 heteroatoms. The maximum atomic E-state index is 2.40. The molecular formula is C13H16. The zero-order chi connectivity index (χ0) is 9.10. The molecule has 2 rings (SSSR count). The van der Waals surface area contributed by atoms with E-state index in [2.05, 4.69) is 37.3 Å². The lowest BCUT2D eigenvalue weighted by molar-refractivity contribution is 0.934. The van der Waals surface area contributed by atoms with Gasteiger partial charge >= 0.3 is 0 Å². The van der Waals surface area contributed by atoms with Crippen LogP contribution in [0.1, 0.15) is 37.3 Å². The molecule has 0 radical (unpaired) electrons. The van der Waals surface area contributed by atoms with Crippen molar-refractivity contribution in [3.63, 3.8) is 0 Å². The molecule has 0 amide bonds. The number of hydrogen-bond acceptors (Lipinski definition) is 0. The van der Waals surface area contributed by atoms with Gasteiger partial charge in [0.15, 0.2) is 0 Å².